The maximum Gasteiger partial charge on any atom is 0.239 e. The minimum Gasteiger partial charge on any atom is -0.299 e. The molecule has 19 heavy (non-hydrogen) atoms. The van der Waals surface area contributed by atoms with Crippen molar-refractivity contribution in [3.63, 3.8) is 0 Å². The summed E-state index contributed by atoms with van der Waals surface area (Å²) < 4.78 is 0. The summed E-state index contributed by atoms with van der Waals surface area (Å²) in [6.07, 6.45) is 0.564. The SMILES string of the molecule is CCN1C(=O)CSC1=Nc1ccc(NNC=O)cc1. The summed E-state index contributed by atoms with van der Waals surface area (Å²) >= 11 is 1.45. The molecule has 0 saturated carbocycles. The van der Waals surface area contributed by atoms with Gasteiger partial charge in [0.05, 0.1) is 17.1 Å². The van der Waals surface area contributed by atoms with Crippen LogP contribution in [0.1, 0.15) is 6.92 Å². The van der Waals surface area contributed by atoms with Crippen LogP contribution in [0.2, 0.25) is 0 Å². The smallest absolute Gasteiger partial charge is 0.239 e. The maximum absolute atomic E-state index is 11.6. The molecule has 1 heterocycles. The molecule has 0 aromatic heterocycles. The number of nitrogens with one attached hydrogen (secondary N) is 2. The van der Waals surface area contributed by atoms with Crippen LogP contribution in [-0.2, 0) is 9.59 Å². The van der Waals surface area contributed by atoms with Crippen LogP contribution in [0.25, 0.3) is 0 Å². The van der Waals surface area contributed by atoms with Gasteiger partial charge in [0.15, 0.2) is 5.17 Å². The molecule has 0 radical (unpaired) electrons. The molecule has 1 aliphatic rings. The number of amidine groups is 1. The Morgan fingerprint density at radius 1 is 1.42 bits per heavy atom. The summed E-state index contributed by atoms with van der Waals surface area (Å²) in [6.45, 7) is 2.56. The van der Waals surface area contributed by atoms with Crippen molar-refractivity contribution >= 4 is 40.6 Å². The molecule has 1 aliphatic heterocycles. The van der Waals surface area contributed by atoms with Crippen molar-refractivity contribution in [1.82, 2.24) is 10.3 Å². The number of carbonyl (C=O) groups is 2. The number of hydrogen-bond donors (Lipinski definition) is 2. The number of carbonyl (C=O) groups excluding carboxylic acids is 2. The van der Waals surface area contributed by atoms with Gasteiger partial charge in [-0.2, -0.15) is 0 Å². The van der Waals surface area contributed by atoms with Gasteiger partial charge in [-0.15, -0.1) is 0 Å². The van der Waals surface area contributed by atoms with E-state index in [1.54, 1.807) is 17.0 Å². The number of thioether (sulfide) groups is 1. The average molecular weight is 278 g/mol. The Kier molecular flexibility index (Phi) is 4.40. The number of aliphatic imine (C=N–C) groups is 1. The summed E-state index contributed by atoms with van der Waals surface area (Å²) in [4.78, 5) is 27.8. The number of nitrogens with zero attached hydrogens (tertiary/aromatic N) is 2. The molecule has 0 unspecified atom stereocenters. The highest BCUT2D eigenvalue weighted by Crippen LogP contribution is 2.24. The lowest BCUT2D eigenvalue weighted by Gasteiger charge is -2.12. The van der Waals surface area contributed by atoms with E-state index in [9.17, 15) is 9.59 Å². The van der Waals surface area contributed by atoms with Gasteiger partial charge in [-0.3, -0.25) is 25.3 Å². The lowest BCUT2D eigenvalue weighted by molar-refractivity contribution is -0.123. The first kappa shape index (κ1) is 13.4. The molecule has 0 spiro atoms. The fourth-order valence-electron chi connectivity index (χ4n) is 1.64. The monoisotopic (exact) mass is 278 g/mol. The molecule has 1 aromatic carbocycles. The Morgan fingerprint density at radius 3 is 2.79 bits per heavy atom. The Morgan fingerprint density at radius 2 is 2.16 bits per heavy atom. The van der Waals surface area contributed by atoms with Crippen molar-refractivity contribution in [2.75, 3.05) is 17.7 Å². The van der Waals surface area contributed by atoms with Gasteiger partial charge in [-0.1, -0.05) is 11.8 Å². The lowest BCUT2D eigenvalue weighted by atomic mass is 10.3. The molecule has 1 saturated heterocycles. The Hall–Kier alpha value is -2.02. The van der Waals surface area contributed by atoms with Crippen LogP contribution < -0.4 is 10.9 Å². The number of hydrogen-bond acceptors (Lipinski definition) is 5. The second kappa shape index (κ2) is 6.24. The molecular weight excluding hydrogens is 264 g/mol. The Labute approximate surface area is 115 Å². The summed E-state index contributed by atoms with van der Waals surface area (Å²) in [6, 6.07) is 7.24. The van der Waals surface area contributed by atoms with Gasteiger partial charge in [0.1, 0.15) is 0 Å². The largest absolute Gasteiger partial charge is 0.299 e. The van der Waals surface area contributed by atoms with Crippen LogP contribution in [0.5, 0.6) is 0 Å². The van der Waals surface area contributed by atoms with E-state index in [0.717, 1.165) is 16.5 Å². The predicted octanol–water partition coefficient (Wildman–Crippen LogP) is 1.34. The van der Waals surface area contributed by atoms with Crippen LogP contribution in [0.15, 0.2) is 29.3 Å². The molecule has 100 valence electrons. The Balaban J connectivity index is 2.10. The van der Waals surface area contributed by atoms with Crippen molar-refractivity contribution in [3.8, 4) is 0 Å². The topological polar surface area (TPSA) is 73.8 Å². The highest BCUT2D eigenvalue weighted by atomic mass is 32.2. The van der Waals surface area contributed by atoms with E-state index < -0.39 is 0 Å². The van der Waals surface area contributed by atoms with Gasteiger partial charge in [0.2, 0.25) is 12.3 Å². The standard InChI is InChI=1S/C12H14N4O2S/c1-2-16-11(18)7-19-12(16)14-9-3-5-10(6-4-9)15-13-8-17/h3-6,8,15H,2,7H2,1H3,(H,13,17). The van der Waals surface area contributed by atoms with Gasteiger partial charge >= 0.3 is 0 Å². The van der Waals surface area contributed by atoms with Gasteiger partial charge < -0.3 is 0 Å². The van der Waals surface area contributed by atoms with E-state index >= 15 is 0 Å². The van der Waals surface area contributed by atoms with Gasteiger partial charge in [-0.05, 0) is 31.2 Å². The summed E-state index contributed by atoms with van der Waals surface area (Å²) in [5.41, 5.74) is 6.59. The summed E-state index contributed by atoms with van der Waals surface area (Å²) in [5, 5.41) is 0.735. The number of hydrazine groups is 1. The van der Waals surface area contributed by atoms with E-state index in [-0.39, 0.29) is 5.91 Å². The highest BCUT2D eigenvalue weighted by Gasteiger charge is 2.26. The van der Waals surface area contributed by atoms with E-state index in [0.29, 0.717) is 18.7 Å². The third kappa shape index (κ3) is 3.25. The number of benzene rings is 1. The fraction of sp³-hybridized carbons (Fsp3) is 0.250. The molecule has 1 aromatic rings. The first-order chi connectivity index (χ1) is 9.24. The second-order valence-corrected chi connectivity index (χ2v) is 4.70. The number of amides is 2. The molecule has 2 rings (SSSR count). The molecule has 2 N–H and O–H groups in total. The molecule has 1 fully saturated rings. The van der Waals surface area contributed by atoms with Gasteiger partial charge in [0.25, 0.3) is 0 Å². The zero-order valence-corrected chi connectivity index (χ0v) is 11.2. The van der Waals surface area contributed by atoms with E-state index in [2.05, 4.69) is 15.8 Å². The van der Waals surface area contributed by atoms with Crippen molar-refractivity contribution in [3.05, 3.63) is 24.3 Å². The first-order valence-corrected chi connectivity index (χ1v) is 6.80. The van der Waals surface area contributed by atoms with Crippen LogP contribution in [0.3, 0.4) is 0 Å². The minimum absolute atomic E-state index is 0.0970. The van der Waals surface area contributed by atoms with Crippen molar-refractivity contribution in [1.29, 1.82) is 0 Å². The van der Waals surface area contributed by atoms with Crippen LogP contribution >= 0.6 is 11.8 Å². The first-order valence-electron chi connectivity index (χ1n) is 5.81. The second-order valence-electron chi connectivity index (χ2n) is 3.76. The fourth-order valence-corrected chi connectivity index (χ4v) is 2.60. The Bertz CT molecular complexity index is 501. The van der Waals surface area contributed by atoms with Crippen molar-refractivity contribution in [2.24, 2.45) is 4.99 Å². The van der Waals surface area contributed by atoms with Crippen LogP contribution in [0.4, 0.5) is 11.4 Å². The molecule has 6 nitrogen and oxygen atoms in total. The molecule has 2 amide bonds. The minimum atomic E-state index is 0.0970. The maximum atomic E-state index is 11.6. The zero-order valence-electron chi connectivity index (χ0n) is 10.4. The highest BCUT2D eigenvalue weighted by molar-refractivity contribution is 8.15. The van der Waals surface area contributed by atoms with Crippen LogP contribution in [-0.4, -0.2) is 34.7 Å². The molecule has 7 heteroatoms. The van der Waals surface area contributed by atoms with Gasteiger partial charge in [0, 0.05) is 6.54 Å². The summed E-state index contributed by atoms with van der Waals surface area (Å²) in [5.74, 6) is 0.551. The summed E-state index contributed by atoms with van der Waals surface area (Å²) in [7, 11) is 0. The van der Waals surface area contributed by atoms with Gasteiger partial charge in [-0.25, -0.2) is 4.99 Å². The lowest BCUT2D eigenvalue weighted by Crippen LogP contribution is -2.28. The van der Waals surface area contributed by atoms with Crippen LogP contribution in [0, 0.1) is 0 Å². The zero-order chi connectivity index (χ0) is 13.7. The third-order valence-corrected chi connectivity index (χ3v) is 3.50. The molecule has 0 atom stereocenters. The van der Waals surface area contributed by atoms with E-state index in [1.165, 1.54) is 11.8 Å². The quantitative estimate of drug-likeness (QED) is 0.629. The van der Waals surface area contributed by atoms with E-state index in [4.69, 9.17) is 0 Å². The number of rotatable bonds is 5. The predicted molar refractivity (Wildman–Crippen MR) is 76.2 cm³/mol. The normalized spacial score (nSPS) is 16.8. The van der Waals surface area contributed by atoms with Crippen molar-refractivity contribution in [2.45, 2.75) is 6.92 Å². The van der Waals surface area contributed by atoms with E-state index in [1.807, 2.05) is 19.1 Å². The molecule has 0 bridgehead atoms. The van der Waals surface area contributed by atoms with Crippen molar-refractivity contribution < 1.29 is 9.59 Å². The molecular formula is C12H14N4O2S. The third-order valence-electron chi connectivity index (χ3n) is 2.54. The molecule has 0 aliphatic carbocycles. The number of anilines is 1. The average Bonchev–Trinajstić information content (AvgIpc) is 2.78.